The number of hydrogen-bond acceptors (Lipinski definition) is 5. The van der Waals surface area contributed by atoms with Gasteiger partial charge < -0.3 is 9.80 Å². The number of anilines is 2. The summed E-state index contributed by atoms with van der Waals surface area (Å²) < 4.78 is 0. The molecule has 0 saturated carbocycles. The van der Waals surface area contributed by atoms with Gasteiger partial charge in [0.25, 0.3) is 0 Å². The van der Waals surface area contributed by atoms with Crippen molar-refractivity contribution in [3.63, 3.8) is 0 Å². The van der Waals surface area contributed by atoms with Gasteiger partial charge in [0.2, 0.25) is 0 Å². The van der Waals surface area contributed by atoms with Crippen LogP contribution in [0, 0.1) is 11.3 Å². The number of piperazine rings is 1. The molecule has 1 saturated heterocycles. The fourth-order valence-electron chi connectivity index (χ4n) is 2.41. The van der Waals surface area contributed by atoms with Gasteiger partial charge in [-0.1, -0.05) is 18.2 Å². The summed E-state index contributed by atoms with van der Waals surface area (Å²) in [5, 5.41) is 8.88. The maximum absolute atomic E-state index is 8.88. The molecule has 0 spiro atoms. The van der Waals surface area contributed by atoms with Crippen LogP contribution in [0.4, 0.5) is 11.5 Å². The predicted octanol–water partition coefficient (Wildman–Crippen LogP) is 1.67. The maximum atomic E-state index is 8.88. The standard InChI is InChI=1S/C15H15N5/c16-11-13-10-15(18-12-17-13)20-8-6-19(7-9-20)14-4-2-1-3-5-14/h1-5,10,12H,6-9H2. The summed E-state index contributed by atoms with van der Waals surface area (Å²) in [7, 11) is 0. The van der Waals surface area contributed by atoms with Crippen LogP contribution in [0.1, 0.15) is 5.69 Å². The van der Waals surface area contributed by atoms with E-state index in [1.54, 1.807) is 6.07 Å². The molecule has 1 aliphatic rings. The summed E-state index contributed by atoms with van der Waals surface area (Å²) in [6, 6.07) is 14.2. The van der Waals surface area contributed by atoms with Crippen LogP contribution in [0.15, 0.2) is 42.7 Å². The Hall–Kier alpha value is -2.61. The van der Waals surface area contributed by atoms with Crippen LogP contribution in [0.5, 0.6) is 0 Å². The third-order valence-electron chi connectivity index (χ3n) is 3.49. The molecule has 0 unspecified atom stereocenters. The molecule has 1 aromatic carbocycles. The van der Waals surface area contributed by atoms with Gasteiger partial charge in [-0.25, -0.2) is 9.97 Å². The van der Waals surface area contributed by atoms with Crippen LogP contribution in [0.25, 0.3) is 0 Å². The van der Waals surface area contributed by atoms with E-state index in [1.807, 2.05) is 6.07 Å². The normalized spacial score (nSPS) is 14.9. The van der Waals surface area contributed by atoms with Crippen molar-refractivity contribution in [3.8, 4) is 6.07 Å². The van der Waals surface area contributed by atoms with E-state index in [4.69, 9.17) is 5.26 Å². The van der Waals surface area contributed by atoms with Crippen molar-refractivity contribution in [2.45, 2.75) is 0 Å². The maximum Gasteiger partial charge on any atom is 0.145 e. The Bertz CT molecular complexity index is 612. The number of aromatic nitrogens is 2. The first kappa shape index (κ1) is 12.4. The van der Waals surface area contributed by atoms with E-state index in [0.717, 1.165) is 32.0 Å². The molecule has 1 fully saturated rings. The molecule has 2 heterocycles. The number of benzene rings is 1. The van der Waals surface area contributed by atoms with Crippen LogP contribution in [-0.4, -0.2) is 36.1 Å². The fourth-order valence-corrected chi connectivity index (χ4v) is 2.41. The van der Waals surface area contributed by atoms with Gasteiger partial charge >= 0.3 is 0 Å². The Balaban J connectivity index is 1.68. The van der Waals surface area contributed by atoms with E-state index in [0.29, 0.717) is 5.69 Å². The lowest BCUT2D eigenvalue weighted by atomic mass is 10.2. The van der Waals surface area contributed by atoms with Crippen LogP contribution < -0.4 is 9.80 Å². The smallest absolute Gasteiger partial charge is 0.145 e. The summed E-state index contributed by atoms with van der Waals surface area (Å²) in [6.45, 7) is 3.71. The van der Waals surface area contributed by atoms with Crippen molar-refractivity contribution in [3.05, 3.63) is 48.4 Å². The fraction of sp³-hybridized carbons (Fsp3) is 0.267. The molecular formula is C15H15N5. The Morgan fingerprint density at radius 1 is 0.950 bits per heavy atom. The average Bonchev–Trinajstić information content (AvgIpc) is 2.56. The summed E-state index contributed by atoms with van der Waals surface area (Å²) in [6.07, 6.45) is 1.46. The Kier molecular flexibility index (Phi) is 3.46. The van der Waals surface area contributed by atoms with Crippen molar-refractivity contribution in [2.24, 2.45) is 0 Å². The summed E-state index contributed by atoms with van der Waals surface area (Å²) in [5.41, 5.74) is 1.67. The minimum Gasteiger partial charge on any atom is -0.368 e. The zero-order valence-corrected chi connectivity index (χ0v) is 11.1. The SMILES string of the molecule is N#Cc1cc(N2CCN(c3ccccc3)CC2)ncn1. The molecule has 1 aromatic heterocycles. The third-order valence-corrected chi connectivity index (χ3v) is 3.49. The number of nitrogens with zero attached hydrogens (tertiary/aromatic N) is 5. The first-order chi connectivity index (χ1) is 9.86. The van der Waals surface area contributed by atoms with Crippen molar-refractivity contribution in [1.82, 2.24) is 9.97 Å². The lowest BCUT2D eigenvalue weighted by Crippen LogP contribution is -2.46. The number of nitriles is 1. The third kappa shape index (κ3) is 2.54. The minimum absolute atomic E-state index is 0.417. The summed E-state index contributed by atoms with van der Waals surface area (Å²) >= 11 is 0. The molecule has 0 N–H and O–H groups in total. The molecule has 2 aromatic rings. The van der Waals surface area contributed by atoms with Gasteiger partial charge in [0, 0.05) is 37.9 Å². The van der Waals surface area contributed by atoms with Gasteiger partial charge in [0.1, 0.15) is 23.9 Å². The van der Waals surface area contributed by atoms with Crippen molar-refractivity contribution in [2.75, 3.05) is 36.0 Å². The quantitative estimate of drug-likeness (QED) is 0.826. The zero-order valence-electron chi connectivity index (χ0n) is 11.1. The highest BCUT2D eigenvalue weighted by molar-refractivity contribution is 5.49. The van der Waals surface area contributed by atoms with E-state index in [-0.39, 0.29) is 0 Å². The number of rotatable bonds is 2. The van der Waals surface area contributed by atoms with Crippen molar-refractivity contribution in [1.29, 1.82) is 5.26 Å². The minimum atomic E-state index is 0.417. The summed E-state index contributed by atoms with van der Waals surface area (Å²) in [4.78, 5) is 12.7. The molecule has 0 bridgehead atoms. The average molecular weight is 265 g/mol. The van der Waals surface area contributed by atoms with E-state index < -0.39 is 0 Å². The highest BCUT2D eigenvalue weighted by atomic mass is 15.3. The van der Waals surface area contributed by atoms with Gasteiger partial charge in [0.15, 0.2) is 0 Å². The van der Waals surface area contributed by atoms with E-state index in [1.165, 1.54) is 12.0 Å². The molecule has 0 radical (unpaired) electrons. The Labute approximate surface area is 118 Å². The molecule has 3 rings (SSSR count). The van der Waals surface area contributed by atoms with E-state index in [2.05, 4.69) is 50.1 Å². The van der Waals surface area contributed by atoms with Crippen LogP contribution in [0.2, 0.25) is 0 Å². The zero-order chi connectivity index (χ0) is 13.8. The van der Waals surface area contributed by atoms with Gasteiger partial charge in [-0.15, -0.1) is 0 Å². The molecule has 100 valence electrons. The Morgan fingerprint density at radius 2 is 1.65 bits per heavy atom. The first-order valence-corrected chi connectivity index (χ1v) is 6.64. The molecular weight excluding hydrogens is 250 g/mol. The topological polar surface area (TPSA) is 56.1 Å². The largest absolute Gasteiger partial charge is 0.368 e. The molecule has 0 atom stereocenters. The van der Waals surface area contributed by atoms with Crippen molar-refractivity contribution >= 4 is 11.5 Å². The summed E-state index contributed by atoms with van der Waals surface area (Å²) in [5.74, 6) is 0.837. The Morgan fingerprint density at radius 3 is 2.35 bits per heavy atom. The van der Waals surface area contributed by atoms with E-state index in [9.17, 15) is 0 Å². The van der Waals surface area contributed by atoms with Crippen LogP contribution in [-0.2, 0) is 0 Å². The molecule has 0 aliphatic carbocycles. The molecule has 5 nitrogen and oxygen atoms in total. The lowest BCUT2D eigenvalue weighted by molar-refractivity contribution is 0.646. The molecule has 20 heavy (non-hydrogen) atoms. The highest BCUT2D eigenvalue weighted by Crippen LogP contribution is 2.18. The van der Waals surface area contributed by atoms with Crippen molar-refractivity contribution < 1.29 is 0 Å². The molecule has 0 amide bonds. The lowest BCUT2D eigenvalue weighted by Gasteiger charge is -2.36. The predicted molar refractivity (Wildman–Crippen MR) is 77.6 cm³/mol. The number of para-hydroxylation sites is 1. The number of hydrogen-bond donors (Lipinski definition) is 0. The highest BCUT2D eigenvalue weighted by Gasteiger charge is 2.18. The van der Waals surface area contributed by atoms with Gasteiger partial charge in [-0.2, -0.15) is 5.26 Å². The monoisotopic (exact) mass is 265 g/mol. The first-order valence-electron chi connectivity index (χ1n) is 6.64. The van der Waals surface area contributed by atoms with Gasteiger partial charge in [-0.3, -0.25) is 0 Å². The molecule has 1 aliphatic heterocycles. The molecule has 5 heteroatoms. The van der Waals surface area contributed by atoms with Crippen LogP contribution in [0.3, 0.4) is 0 Å². The van der Waals surface area contributed by atoms with Crippen LogP contribution >= 0.6 is 0 Å². The van der Waals surface area contributed by atoms with Gasteiger partial charge in [-0.05, 0) is 12.1 Å². The second kappa shape index (κ2) is 5.57. The van der Waals surface area contributed by atoms with E-state index >= 15 is 0 Å². The second-order valence-electron chi connectivity index (χ2n) is 4.68. The van der Waals surface area contributed by atoms with Gasteiger partial charge in [0.05, 0.1) is 0 Å². The second-order valence-corrected chi connectivity index (χ2v) is 4.68.